The number of piperidine rings is 1. The van der Waals surface area contributed by atoms with Gasteiger partial charge in [-0.2, -0.15) is 0 Å². The molecule has 2 heterocycles. The largest absolute Gasteiger partial charge is 0.460 e. The zero-order valence-electron chi connectivity index (χ0n) is 14.1. The summed E-state index contributed by atoms with van der Waals surface area (Å²) < 4.78 is 15.3. The van der Waals surface area contributed by atoms with Gasteiger partial charge in [-0.1, -0.05) is 5.16 Å². The Hall–Kier alpha value is -2.05. The minimum atomic E-state index is -0.502. The molecule has 23 heavy (non-hydrogen) atoms. The van der Waals surface area contributed by atoms with Crippen LogP contribution in [0, 0.1) is 0 Å². The molecule has 1 saturated heterocycles. The number of carbonyl (C=O) groups is 2. The fraction of sp³-hybridized carbons (Fsp3) is 0.688. The number of likely N-dealkylation sites (tertiary alicyclic amines) is 1. The summed E-state index contributed by atoms with van der Waals surface area (Å²) in [5.41, 5.74) is 0.242. The number of amides is 1. The van der Waals surface area contributed by atoms with Gasteiger partial charge in [0.1, 0.15) is 5.60 Å². The standard InChI is InChI=1S/C16H24N2O5/c1-5-21-14(19)13-10-12(17-23-13)11-6-8-18(9-7-11)15(20)22-16(2,3)4/h10-11H,5-9H2,1-4H3. The molecule has 128 valence electrons. The van der Waals surface area contributed by atoms with Crippen LogP contribution in [0.1, 0.15) is 62.7 Å². The number of esters is 1. The first-order valence-corrected chi connectivity index (χ1v) is 7.92. The van der Waals surface area contributed by atoms with Crippen LogP contribution in [0.15, 0.2) is 10.6 Å². The lowest BCUT2D eigenvalue weighted by atomic mass is 9.93. The molecular formula is C16H24N2O5. The van der Waals surface area contributed by atoms with Gasteiger partial charge in [0.2, 0.25) is 5.76 Å². The molecule has 1 aliphatic rings. The predicted octanol–water partition coefficient (Wildman–Crippen LogP) is 2.97. The van der Waals surface area contributed by atoms with Crippen LogP contribution in [0.4, 0.5) is 4.79 Å². The van der Waals surface area contributed by atoms with Crippen LogP contribution in [0.3, 0.4) is 0 Å². The van der Waals surface area contributed by atoms with Crippen molar-refractivity contribution in [2.75, 3.05) is 19.7 Å². The van der Waals surface area contributed by atoms with Crippen molar-refractivity contribution in [2.45, 2.75) is 52.1 Å². The summed E-state index contributed by atoms with van der Waals surface area (Å²) >= 11 is 0. The molecule has 1 amide bonds. The van der Waals surface area contributed by atoms with Gasteiger partial charge in [-0.15, -0.1) is 0 Å². The summed E-state index contributed by atoms with van der Waals surface area (Å²) in [6.07, 6.45) is 1.23. The third-order valence-electron chi connectivity index (χ3n) is 3.57. The average Bonchev–Trinajstić information content (AvgIpc) is 2.96. The van der Waals surface area contributed by atoms with E-state index in [0.29, 0.717) is 19.7 Å². The maximum absolute atomic E-state index is 12.0. The van der Waals surface area contributed by atoms with E-state index in [1.165, 1.54) is 0 Å². The van der Waals surface area contributed by atoms with Gasteiger partial charge >= 0.3 is 12.1 Å². The van der Waals surface area contributed by atoms with Gasteiger partial charge in [0.15, 0.2) is 0 Å². The van der Waals surface area contributed by atoms with Crippen molar-refractivity contribution in [1.29, 1.82) is 0 Å². The Labute approximate surface area is 135 Å². The van der Waals surface area contributed by atoms with Crippen LogP contribution in [0.5, 0.6) is 0 Å². The van der Waals surface area contributed by atoms with Gasteiger partial charge < -0.3 is 18.9 Å². The van der Waals surface area contributed by atoms with Gasteiger partial charge in [0, 0.05) is 25.1 Å². The highest BCUT2D eigenvalue weighted by Gasteiger charge is 2.29. The van der Waals surface area contributed by atoms with Crippen molar-refractivity contribution in [3.05, 3.63) is 17.5 Å². The highest BCUT2D eigenvalue weighted by molar-refractivity contribution is 5.86. The molecule has 0 radical (unpaired) electrons. The Morgan fingerprint density at radius 3 is 2.57 bits per heavy atom. The smallest absolute Gasteiger partial charge is 0.410 e. The molecule has 0 saturated carbocycles. The molecule has 0 unspecified atom stereocenters. The summed E-state index contributed by atoms with van der Waals surface area (Å²) in [4.78, 5) is 25.3. The van der Waals surface area contributed by atoms with Crippen LogP contribution in [-0.4, -0.2) is 47.4 Å². The number of rotatable bonds is 3. The number of carbonyl (C=O) groups excluding carboxylic acids is 2. The third kappa shape index (κ3) is 4.71. The van der Waals surface area contributed by atoms with Gasteiger partial charge in [0.25, 0.3) is 0 Å². The first-order valence-electron chi connectivity index (χ1n) is 7.92. The number of hydrogen-bond acceptors (Lipinski definition) is 6. The lowest BCUT2D eigenvalue weighted by Crippen LogP contribution is -2.41. The van der Waals surface area contributed by atoms with Crippen LogP contribution in [0.2, 0.25) is 0 Å². The molecule has 2 rings (SSSR count). The van der Waals surface area contributed by atoms with Crippen LogP contribution in [0.25, 0.3) is 0 Å². The summed E-state index contributed by atoms with van der Waals surface area (Å²) in [7, 11) is 0. The number of nitrogens with zero attached hydrogens (tertiary/aromatic N) is 2. The molecule has 7 heteroatoms. The number of aromatic nitrogens is 1. The lowest BCUT2D eigenvalue weighted by Gasteiger charge is -2.32. The Bertz CT molecular complexity index is 553. The van der Waals surface area contributed by atoms with Gasteiger partial charge in [-0.3, -0.25) is 0 Å². The molecule has 1 aromatic rings. The zero-order valence-corrected chi connectivity index (χ0v) is 14.1. The minimum absolute atomic E-state index is 0.122. The van der Waals surface area contributed by atoms with E-state index in [4.69, 9.17) is 14.0 Å². The molecule has 0 N–H and O–H groups in total. The average molecular weight is 324 g/mol. The highest BCUT2D eigenvalue weighted by Crippen LogP contribution is 2.28. The summed E-state index contributed by atoms with van der Waals surface area (Å²) in [6.45, 7) is 8.78. The molecule has 0 spiro atoms. The summed E-state index contributed by atoms with van der Waals surface area (Å²) in [5.74, 6) is -0.213. The first-order chi connectivity index (χ1) is 10.8. The van der Waals surface area contributed by atoms with Gasteiger partial charge in [-0.25, -0.2) is 9.59 Å². The number of ether oxygens (including phenoxy) is 2. The van der Waals surface area contributed by atoms with Crippen molar-refractivity contribution in [3.63, 3.8) is 0 Å². The fourth-order valence-electron chi connectivity index (χ4n) is 2.46. The van der Waals surface area contributed by atoms with E-state index < -0.39 is 11.6 Å². The topological polar surface area (TPSA) is 81.9 Å². The normalized spacial score (nSPS) is 16.3. The number of hydrogen-bond donors (Lipinski definition) is 0. The van der Waals surface area contributed by atoms with Crippen molar-refractivity contribution < 1.29 is 23.6 Å². The Morgan fingerprint density at radius 1 is 1.35 bits per heavy atom. The second kappa shape index (κ2) is 7.02. The molecule has 1 fully saturated rings. The lowest BCUT2D eigenvalue weighted by molar-refractivity contribution is 0.0203. The molecule has 0 bridgehead atoms. The summed E-state index contributed by atoms with van der Waals surface area (Å²) in [5, 5.41) is 3.96. The SMILES string of the molecule is CCOC(=O)c1cc(C2CCN(C(=O)OC(C)(C)C)CC2)no1. The fourth-order valence-corrected chi connectivity index (χ4v) is 2.46. The van der Waals surface area contributed by atoms with E-state index >= 15 is 0 Å². The summed E-state index contributed by atoms with van der Waals surface area (Å²) in [6, 6.07) is 1.63. The predicted molar refractivity (Wildman–Crippen MR) is 82.2 cm³/mol. The van der Waals surface area contributed by atoms with Crippen LogP contribution in [-0.2, 0) is 9.47 Å². The monoisotopic (exact) mass is 324 g/mol. The molecule has 1 aromatic heterocycles. The molecule has 7 nitrogen and oxygen atoms in total. The maximum Gasteiger partial charge on any atom is 0.410 e. The van der Waals surface area contributed by atoms with E-state index in [1.54, 1.807) is 17.9 Å². The van der Waals surface area contributed by atoms with Crippen molar-refractivity contribution in [3.8, 4) is 0 Å². The second-order valence-corrected chi connectivity index (χ2v) is 6.58. The Morgan fingerprint density at radius 2 is 2.00 bits per heavy atom. The first kappa shape index (κ1) is 17.3. The van der Waals surface area contributed by atoms with E-state index in [0.717, 1.165) is 18.5 Å². The quantitative estimate of drug-likeness (QED) is 0.795. The van der Waals surface area contributed by atoms with Gasteiger partial charge in [0.05, 0.1) is 12.3 Å². The highest BCUT2D eigenvalue weighted by atomic mass is 16.6. The Balaban J connectivity index is 1.89. The molecule has 0 aromatic carbocycles. The van der Waals surface area contributed by atoms with Crippen molar-refractivity contribution >= 4 is 12.1 Å². The zero-order chi connectivity index (χ0) is 17.0. The van der Waals surface area contributed by atoms with Crippen LogP contribution >= 0.6 is 0 Å². The Kier molecular flexibility index (Phi) is 5.28. The van der Waals surface area contributed by atoms with E-state index in [9.17, 15) is 9.59 Å². The molecule has 0 aliphatic carbocycles. The molecule has 1 aliphatic heterocycles. The minimum Gasteiger partial charge on any atom is -0.460 e. The van der Waals surface area contributed by atoms with E-state index in [1.807, 2.05) is 20.8 Å². The maximum atomic E-state index is 12.0. The molecule has 0 atom stereocenters. The van der Waals surface area contributed by atoms with Gasteiger partial charge in [-0.05, 0) is 40.5 Å². The van der Waals surface area contributed by atoms with E-state index in [2.05, 4.69) is 5.16 Å². The molecular weight excluding hydrogens is 300 g/mol. The second-order valence-electron chi connectivity index (χ2n) is 6.58. The van der Waals surface area contributed by atoms with Crippen LogP contribution < -0.4 is 0 Å². The van der Waals surface area contributed by atoms with E-state index in [-0.39, 0.29) is 17.8 Å². The van der Waals surface area contributed by atoms with Crippen molar-refractivity contribution in [1.82, 2.24) is 10.1 Å². The van der Waals surface area contributed by atoms with Crippen molar-refractivity contribution in [2.24, 2.45) is 0 Å². The third-order valence-corrected chi connectivity index (χ3v) is 3.57.